The third-order valence-electron chi connectivity index (χ3n) is 4.26. The zero-order chi connectivity index (χ0) is 20.3. The number of benzene rings is 1. The maximum absolute atomic E-state index is 13.3. The molecule has 1 fully saturated rings. The summed E-state index contributed by atoms with van der Waals surface area (Å²) < 4.78 is 39.1. The summed E-state index contributed by atoms with van der Waals surface area (Å²) in [6, 6.07) is 8.72. The molecule has 10 heteroatoms. The molecule has 1 unspecified atom stereocenters. The van der Waals surface area contributed by atoms with Gasteiger partial charge in [-0.25, -0.2) is 8.42 Å². The molecule has 1 atom stereocenters. The van der Waals surface area contributed by atoms with E-state index in [-0.39, 0.29) is 10.1 Å². The van der Waals surface area contributed by atoms with Crippen molar-refractivity contribution in [2.75, 3.05) is 26.5 Å². The minimum Gasteiger partial charge on any atom is -0.497 e. The first-order valence-corrected chi connectivity index (χ1v) is 11.9. The van der Waals surface area contributed by atoms with Crippen LogP contribution in [0.4, 0.5) is 0 Å². The van der Waals surface area contributed by atoms with Crippen LogP contribution in [0.3, 0.4) is 0 Å². The second-order valence-corrected chi connectivity index (χ2v) is 10.6. The van der Waals surface area contributed by atoms with Gasteiger partial charge >= 0.3 is 0 Å². The van der Waals surface area contributed by atoms with E-state index in [0.29, 0.717) is 30.3 Å². The van der Waals surface area contributed by atoms with Gasteiger partial charge in [0.25, 0.3) is 10.0 Å². The average molecular weight is 443 g/mol. The highest BCUT2D eigenvalue weighted by molar-refractivity contribution is 8.01. The van der Waals surface area contributed by atoms with Gasteiger partial charge in [0.2, 0.25) is 5.91 Å². The number of thiophene rings is 1. The number of amides is 1. The van der Waals surface area contributed by atoms with Crippen LogP contribution in [-0.2, 0) is 21.4 Å². The Morgan fingerprint density at radius 1 is 1.25 bits per heavy atom. The van der Waals surface area contributed by atoms with Crippen LogP contribution in [0.2, 0.25) is 0 Å². The highest BCUT2D eigenvalue weighted by atomic mass is 32.2. The van der Waals surface area contributed by atoms with Gasteiger partial charge in [0.1, 0.15) is 15.7 Å². The Hall–Kier alpha value is -1.75. The van der Waals surface area contributed by atoms with Gasteiger partial charge in [-0.05, 0) is 30.3 Å². The molecule has 3 rings (SSSR count). The Labute approximate surface area is 173 Å². The van der Waals surface area contributed by atoms with Gasteiger partial charge in [-0.1, -0.05) is 0 Å². The summed E-state index contributed by atoms with van der Waals surface area (Å²) in [5, 5.41) is 2.29. The van der Waals surface area contributed by atoms with Crippen molar-refractivity contribution in [1.29, 1.82) is 0 Å². The first-order chi connectivity index (χ1) is 13.4. The van der Waals surface area contributed by atoms with E-state index in [1.165, 1.54) is 22.6 Å². The summed E-state index contributed by atoms with van der Waals surface area (Å²) in [5.41, 5.74) is 0.767. The highest BCUT2D eigenvalue weighted by Crippen LogP contribution is 2.46. The van der Waals surface area contributed by atoms with Crippen LogP contribution in [0.25, 0.3) is 0 Å². The second-order valence-electron chi connectivity index (χ2n) is 6.08. The van der Waals surface area contributed by atoms with Crippen LogP contribution in [-0.4, -0.2) is 45.1 Å². The zero-order valence-electron chi connectivity index (χ0n) is 15.8. The highest BCUT2D eigenvalue weighted by Gasteiger charge is 2.39. The van der Waals surface area contributed by atoms with Crippen LogP contribution < -0.4 is 14.8 Å². The van der Waals surface area contributed by atoms with E-state index in [1.807, 2.05) is 6.07 Å². The van der Waals surface area contributed by atoms with E-state index < -0.39 is 15.4 Å². The van der Waals surface area contributed by atoms with Gasteiger partial charge in [-0.3, -0.25) is 4.79 Å². The number of nitrogens with zero attached hydrogens (tertiary/aromatic N) is 1. The smallest absolute Gasteiger partial charge is 0.253 e. The quantitative estimate of drug-likeness (QED) is 0.710. The molecule has 0 radical (unpaired) electrons. The van der Waals surface area contributed by atoms with Crippen LogP contribution in [0.1, 0.15) is 22.7 Å². The van der Waals surface area contributed by atoms with Crippen LogP contribution >= 0.6 is 23.1 Å². The number of sulfonamides is 1. The molecule has 0 spiro atoms. The fourth-order valence-electron chi connectivity index (χ4n) is 2.90. The van der Waals surface area contributed by atoms with Crippen molar-refractivity contribution in [1.82, 2.24) is 9.62 Å². The number of hydrogen-bond donors (Lipinski definition) is 1. The minimum absolute atomic E-state index is 0.154. The number of methoxy groups -OCH3 is 2. The Balaban J connectivity index is 1.91. The third kappa shape index (κ3) is 4.29. The molecule has 1 amide bonds. The van der Waals surface area contributed by atoms with Crippen molar-refractivity contribution in [2.24, 2.45) is 0 Å². The van der Waals surface area contributed by atoms with Crippen molar-refractivity contribution in [3.05, 3.63) is 40.8 Å². The van der Waals surface area contributed by atoms with E-state index in [0.717, 1.165) is 10.4 Å². The Morgan fingerprint density at radius 3 is 2.71 bits per heavy atom. The lowest BCUT2D eigenvalue weighted by Gasteiger charge is -2.24. The largest absolute Gasteiger partial charge is 0.497 e. The Bertz CT molecular complexity index is 958. The molecule has 2 aromatic rings. The predicted octanol–water partition coefficient (Wildman–Crippen LogP) is 2.84. The standard InChI is InChI=1S/C18H22N2O5S3/c1-12(21)19-11-14-5-7-17(27-14)28(22,23)20-8-9-26-18(20)15-10-13(24-2)4-6-16(15)25-3/h4-7,10,18H,8-9,11H2,1-3H3,(H,19,21). The number of carbonyl (C=O) groups excluding carboxylic acids is 1. The fraction of sp³-hybridized carbons (Fsp3) is 0.389. The molecule has 1 aliphatic rings. The van der Waals surface area contributed by atoms with Crippen LogP contribution in [0, 0.1) is 0 Å². The Morgan fingerprint density at radius 2 is 2.04 bits per heavy atom. The Kier molecular flexibility index (Phi) is 6.54. The molecular weight excluding hydrogens is 420 g/mol. The molecule has 0 aliphatic carbocycles. The summed E-state index contributed by atoms with van der Waals surface area (Å²) >= 11 is 2.73. The molecule has 7 nitrogen and oxygen atoms in total. The number of rotatable bonds is 7. The van der Waals surface area contributed by atoms with Gasteiger partial charge in [0.05, 0.1) is 26.1 Å². The van der Waals surface area contributed by atoms with Crippen molar-refractivity contribution in [2.45, 2.75) is 23.1 Å². The van der Waals surface area contributed by atoms with Crippen LogP contribution in [0.5, 0.6) is 11.5 Å². The van der Waals surface area contributed by atoms with E-state index >= 15 is 0 Å². The average Bonchev–Trinajstić information content (AvgIpc) is 3.35. The lowest BCUT2D eigenvalue weighted by molar-refractivity contribution is -0.119. The summed E-state index contributed by atoms with van der Waals surface area (Å²) in [6.07, 6.45) is 0. The molecule has 1 aromatic heterocycles. The molecule has 0 bridgehead atoms. The summed E-state index contributed by atoms with van der Waals surface area (Å²) in [5.74, 6) is 1.81. The van der Waals surface area contributed by atoms with E-state index in [2.05, 4.69) is 5.32 Å². The maximum atomic E-state index is 13.3. The van der Waals surface area contributed by atoms with Gasteiger partial charge in [0, 0.05) is 29.7 Å². The summed E-state index contributed by atoms with van der Waals surface area (Å²) in [7, 11) is -0.536. The van der Waals surface area contributed by atoms with Gasteiger partial charge in [0.15, 0.2) is 0 Å². The third-order valence-corrected chi connectivity index (χ3v) is 9.06. The number of thioether (sulfide) groups is 1. The van der Waals surface area contributed by atoms with Crippen molar-refractivity contribution in [3.63, 3.8) is 0 Å². The van der Waals surface area contributed by atoms with Gasteiger partial charge in [-0.2, -0.15) is 4.31 Å². The van der Waals surface area contributed by atoms with E-state index in [9.17, 15) is 13.2 Å². The van der Waals surface area contributed by atoms with Crippen molar-refractivity contribution in [3.8, 4) is 11.5 Å². The monoisotopic (exact) mass is 442 g/mol. The molecule has 28 heavy (non-hydrogen) atoms. The SMILES string of the molecule is COc1ccc(OC)c(C2SCCN2S(=O)(=O)c2ccc(CNC(C)=O)s2)c1. The van der Waals surface area contributed by atoms with E-state index in [1.54, 1.807) is 50.2 Å². The minimum atomic E-state index is -3.68. The lowest BCUT2D eigenvalue weighted by Crippen LogP contribution is -2.30. The van der Waals surface area contributed by atoms with Gasteiger partial charge < -0.3 is 14.8 Å². The molecule has 1 N–H and O–H groups in total. The fourth-order valence-corrected chi connectivity index (χ4v) is 7.57. The first kappa shape index (κ1) is 21.0. The van der Waals surface area contributed by atoms with E-state index in [4.69, 9.17) is 9.47 Å². The molecule has 1 aromatic carbocycles. The van der Waals surface area contributed by atoms with Crippen LogP contribution in [0.15, 0.2) is 34.5 Å². The second kappa shape index (κ2) is 8.73. The molecule has 1 saturated heterocycles. The molecule has 2 heterocycles. The predicted molar refractivity (Wildman–Crippen MR) is 110 cm³/mol. The van der Waals surface area contributed by atoms with Crippen molar-refractivity contribution >= 4 is 39.0 Å². The molecule has 0 saturated carbocycles. The summed E-state index contributed by atoms with van der Waals surface area (Å²) in [6.45, 7) is 2.16. The zero-order valence-corrected chi connectivity index (χ0v) is 18.2. The number of carbonyl (C=O) groups is 1. The molecule has 152 valence electrons. The lowest BCUT2D eigenvalue weighted by atomic mass is 10.2. The number of nitrogens with one attached hydrogen (secondary N) is 1. The first-order valence-electron chi connectivity index (χ1n) is 8.55. The topological polar surface area (TPSA) is 84.9 Å². The van der Waals surface area contributed by atoms with Crippen molar-refractivity contribution < 1.29 is 22.7 Å². The molecular formula is C18H22N2O5S3. The number of ether oxygens (including phenoxy) is 2. The maximum Gasteiger partial charge on any atom is 0.253 e. The normalized spacial score (nSPS) is 17.5. The summed E-state index contributed by atoms with van der Waals surface area (Å²) in [4.78, 5) is 11.9. The van der Waals surface area contributed by atoms with Gasteiger partial charge in [-0.15, -0.1) is 23.1 Å². The molecule has 1 aliphatic heterocycles. The number of hydrogen-bond acceptors (Lipinski definition) is 7.